The molecule has 2 aliphatic rings. The van der Waals surface area contributed by atoms with E-state index in [9.17, 15) is 9.59 Å². The molecule has 1 unspecified atom stereocenters. The highest BCUT2D eigenvalue weighted by atomic mass is 16.5. The Hall–Kier alpha value is -1.10. The first-order chi connectivity index (χ1) is 9.99. The predicted molar refractivity (Wildman–Crippen MR) is 79.0 cm³/mol. The van der Waals surface area contributed by atoms with Crippen LogP contribution in [0.3, 0.4) is 0 Å². The molecule has 2 saturated heterocycles. The van der Waals surface area contributed by atoms with Gasteiger partial charge < -0.3 is 14.7 Å². The third kappa shape index (κ3) is 4.19. The second kappa shape index (κ2) is 7.25. The van der Waals surface area contributed by atoms with E-state index in [1.54, 1.807) is 0 Å². The Morgan fingerprint density at radius 2 is 1.86 bits per heavy atom. The second-order valence-corrected chi connectivity index (χ2v) is 6.69. The van der Waals surface area contributed by atoms with Gasteiger partial charge in [0.25, 0.3) is 5.91 Å². The zero-order valence-corrected chi connectivity index (χ0v) is 13.1. The van der Waals surface area contributed by atoms with Crippen molar-refractivity contribution in [2.75, 3.05) is 6.54 Å². The summed E-state index contributed by atoms with van der Waals surface area (Å²) in [5.41, 5.74) is 0. The molecule has 120 valence electrons. The standard InChI is InChI=1S/C16H27NO4/c1-11(2)10-12-6-4-3-5-9-17(12)15(18)13-7-8-14(21-13)16(19)20/h11-14H,3-10H2,1-2H3,(H,19,20)/t12?,13-,14+/m0/s1. The fourth-order valence-corrected chi connectivity index (χ4v) is 3.44. The summed E-state index contributed by atoms with van der Waals surface area (Å²) in [6.07, 6.45) is 5.05. The quantitative estimate of drug-likeness (QED) is 0.865. The van der Waals surface area contributed by atoms with Crippen molar-refractivity contribution >= 4 is 11.9 Å². The number of carboxylic acid groups (broad SMARTS) is 1. The van der Waals surface area contributed by atoms with Crippen LogP contribution >= 0.6 is 0 Å². The van der Waals surface area contributed by atoms with Crippen LogP contribution in [0.5, 0.6) is 0 Å². The number of nitrogens with zero attached hydrogens (tertiary/aromatic N) is 1. The number of amides is 1. The van der Waals surface area contributed by atoms with Gasteiger partial charge in [-0.25, -0.2) is 4.79 Å². The first-order valence-electron chi connectivity index (χ1n) is 8.17. The maximum absolute atomic E-state index is 12.7. The van der Waals surface area contributed by atoms with E-state index in [1.807, 2.05) is 4.90 Å². The summed E-state index contributed by atoms with van der Waals surface area (Å²) in [7, 11) is 0. The number of rotatable bonds is 4. The number of carbonyl (C=O) groups excluding carboxylic acids is 1. The Morgan fingerprint density at radius 3 is 2.48 bits per heavy atom. The number of hydrogen-bond donors (Lipinski definition) is 1. The Labute approximate surface area is 126 Å². The van der Waals surface area contributed by atoms with Gasteiger partial charge in [-0.15, -0.1) is 0 Å². The SMILES string of the molecule is CC(C)CC1CCCCCN1C(=O)[C@@H]1CC[C@H](C(=O)O)O1. The molecule has 0 radical (unpaired) electrons. The van der Waals surface area contributed by atoms with E-state index >= 15 is 0 Å². The van der Waals surface area contributed by atoms with Crippen LogP contribution in [-0.4, -0.2) is 46.7 Å². The summed E-state index contributed by atoms with van der Waals surface area (Å²) in [6, 6.07) is 0.285. The minimum Gasteiger partial charge on any atom is -0.479 e. The predicted octanol–water partition coefficient (Wildman–Crippen LogP) is 2.44. The van der Waals surface area contributed by atoms with Gasteiger partial charge in [0.15, 0.2) is 6.10 Å². The third-order valence-corrected chi connectivity index (χ3v) is 4.47. The Bertz CT molecular complexity index is 382. The van der Waals surface area contributed by atoms with Crippen LogP contribution in [0.1, 0.15) is 58.8 Å². The Kier molecular flexibility index (Phi) is 5.62. The fourth-order valence-electron chi connectivity index (χ4n) is 3.44. The van der Waals surface area contributed by atoms with Crippen molar-refractivity contribution in [3.05, 3.63) is 0 Å². The molecule has 0 aromatic rings. The van der Waals surface area contributed by atoms with Crippen LogP contribution in [0.25, 0.3) is 0 Å². The highest BCUT2D eigenvalue weighted by molar-refractivity contribution is 5.83. The zero-order valence-electron chi connectivity index (χ0n) is 13.1. The molecule has 2 heterocycles. The van der Waals surface area contributed by atoms with Crippen molar-refractivity contribution in [2.24, 2.45) is 5.92 Å². The lowest BCUT2D eigenvalue weighted by atomic mass is 9.98. The van der Waals surface area contributed by atoms with E-state index < -0.39 is 18.2 Å². The molecule has 0 bridgehead atoms. The monoisotopic (exact) mass is 297 g/mol. The number of likely N-dealkylation sites (tertiary alicyclic amines) is 1. The fraction of sp³-hybridized carbons (Fsp3) is 0.875. The van der Waals surface area contributed by atoms with Crippen molar-refractivity contribution in [3.63, 3.8) is 0 Å². The van der Waals surface area contributed by atoms with Gasteiger partial charge in [-0.3, -0.25) is 4.79 Å². The molecule has 2 rings (SSSR count). The van der Waals surface area contributed by atoms with Gasteiger partial charge in [-0.05, 0) is 38.0 Å². The van der Waals surface area contributed by atoms with Crippen molar-refractivity contribution in [2.45, 2.75) is 77.0 Å². The minimum absolute atomic E-state index is 0.00583. The molecule has 2 aliphatic heterocycles. The highest BCUT2D eigenvalue weighted by Gasteiger charge is 2.38. The Balaban J connectivity index is 2.02. The summed E-state index contributed by atoms with van der Waals surface area (Å²) in [4.78, 5) is 25.7. The van der Waals surface area contributed by atoms with E-state index in [4.69, 9.17) is 9.84 Å². The van der Waals surface area contributed by atoms with E-state index in [0.29, 0.717) is 18.8 Å². The maximum Gasteiger partial charge on any atom is 0.332 e. The molecule has 3 atom stereocenters. The van der Waals surface area contributed by atoms with E-state index in [0.717, 1.165) is 25.8 Å². The largest absolute Gasteiger partial charge is 0.479 e. The van der Waals surface area contributed by atoms with E-state index in [-0.39, 0.29) is 11.9 Å². The van der Waals surface area contributed by atoms with Crippen molar-refractivity contribution in [1.29, 1.82) is 0 Å². The third-order valence-electron chi connectivity index (χ3n) is 4.47. The molecule has 21 heavy (non-hydrogen) atoms. The summed E-state index contributed by atoms with van der Waals surface area (Å²) in [5.74, 6) is -0.397. The normalized spacial score (nSPS) is 30.4. The molecule has 0 aliphatic carbocycles. The van der Waals surface area contributed by atoms with Crippen molar-refractivity contribution < 1.29 is 19.4 Å². The molecule has 0 aromatic carbocycles. The van der Waals surface area contributed by atoms with Gasteiger partial charge in [0.1, 0.15) is 6.10 Å². The van der Waals surface area contributed by atoms with Gasteiger partial charge in [-0.2, -0.15) is 0 Å². The average molecular weight is 297 g/mol. The lowest BCUT2D eigenvalue weighted by Crippen LogP contribution is -2.46. The molecule has 0 saturated carbocycles. The number of carbonyl (C=O) groups is 2. The summed E-state index contributed by atoms with van der Waals surface area (Å²) in [5, 5.41) is 8.99. The van der Waals surface area contributed by atoms with Gasteiger partial charge in [0, 0.05) is 12.6 Å². The van der Waals surface area contributed by atoms with Gasteiger partial charge in [0.05, 0.1) is 0 Å². The second-order valence-electron chi connectivity index (χ2n) is 6.69. The number of carboxylic acids is 1. The summed E-state index contributed by atoms with van der Waals surface area (Å²) in [6.45, 7) is 5.15. The number of aliphatic carboxylic acids is 1. The number of hydrogen-bond acceptors (Lipinski definition) is 3. The molecule has 2 fully saturated rings. The molecule has 5 nitrogen and oxygen atoms in total. The van der Waals surface area contributed by atoms with Crippen LogP contribution in [0, 0.1) is 5.92 Å². The minimum atomic E-state index is -0.958. The highest BCUT2D eigenvalue weighted by Crippen LogP contribution is 2.27. The molecule has 0 aromatic heterocycles. The molecular formula is C16H27NO4. The molecule has 1 amide bonds. The smallest absolute Gasteiger partial charge is 0.332 e. The van der Waals surface area contributed by atoms with Crippen LogP contribution in [0.4, 0.5) is 0 Å². The topological polar surface area (TPSA) is 66.8 Å². The first-order valence-corrected chi connectivity index (χ1v) is 8.17. The van der Waals surface area contributed by atoms with E-state index in [2.05, 4.69) is 13.8 Å². The Morgan fingerprint density at radius 1 is 1.14 bits per heavy atom. The molecular weight excluding hydrogens is 270 g/mol. The maximum atomic E-state index is 12.7. The van der Waals surface area contributed by atoms with Crippen LogP contribution in [-0.2, 0) is 14.3 Å². The summed E-state index contributed by atoms with van der Waals surface area (Å²) < 4.78 is 5.44. The van der Waals surface area contributed by atoms with Gasteiger partial charge in [0.2, 0.25) is 0 Å². The van der Waals surface area contributed by atoms with Gasteiger partial charge >= 0.3 is 5.97 Å². The zero-order chi connectivity index (χ0) is 15.4. The number of ether oxygens (including phenoxy) is 1. The lowest BCUT2D eigenvalue weighted by Gasteiger charge is -2.33. The molecule has 0 spiro atoms. The first kappa shape index (κ1) is 16.3. The average Bonchev–Trinajstić information content (AvgIpc) is 2.80. The summed E-state index contributed by atoms with van der Waals surface area (Å²) >= 11 is 0. The molecule has 5 heteroatoms. The van der Waals surface area contributed by atoms with Gasteiger partial charge in [-0.1, -0.05) is 26.7 Å². The van der Waals surface area contributed by atoms with Crippen LogP contribution in [0.2, 0.25) is 0 Å². The molecule has 1 N–H and O–H groups in total. The van der Waals surface area contributed by atoms with E-state index in [1.165, 1.54) is 12.8 Å². The van der Waals surface area contributed by atoms with Crippen molar-refractivity contribution in [3.8, 4) is 0 Å². The van der Waals surface area contributed by atoms with Crippen LogP contribution < -0.4 is 0 Å². The van der Waals surface area contributed by atoms with Crippen molar-refractivity contribution in [1.82, 2.24) is 4.90 Å². The van der Waals surface area contributed by atoms with Crippen LogP contribution in [0.15, 0.2) is 0 Å². The lowest BCUT2D eigenvalue weighted by molar-refractivity contribution is -0.155.